The van der Waals surface area contributed by atoms with E-state index < -0.39 is 10.3 Å². The van der Waals surface area contributed by atoms with Crippen LogP contribution in [0.25, 0.3) is 0 Å². The van der Waals surface area contributed by atoms with Gasteiger partial charge in [-0.05, 0) is 12.5 Å². The first-order valence-electron chi connectivity index (χ1n) is 4.13. The van der Waals surface area contributed by atoms with Crippen LogP contribution in [-0.2, 0) is 14.5 Å². The molecule has 1 aliphatic rings. The lowest BCUT2D eigenvalue weighted by Gasteiger charge is -2.01. The Balaban J connectivity index is 2.48. The second-order valence-electron chi connectivity index (χ2n) is 3.04. The summed E-state index contributed by atoms with van der Waals surface area (Å²) in [4.78, 5) is 0. The van der Waals surface area contributed by atoms with E-state index >= 15 is 0 Å². The quantitative estimate of drug-likeness (QED) is 0.698. The summed E-state index contributed by atoms with van der Waals surface area (Å²) >= 11 is 0. The Kier molecular flexibility index (Phi) is 2.13. The molecule has 0 radical (unpaired) electrons. The fourth-order valence-corrected chi connectivity index (χ4v) is 2.08. The van der Waals surface area contributed by atoms with E-state index in [1.165, 1.54) is 0 Å². The van der Waals surface area contributed by atoms with Gasteiger partial charge in [0, 0.05) is 5.56 Å². The average Bonchev–Trinajstić information content (AvgIpc) is 2.47. The summed E-state index contributed by atoms with van der Waals surface area (Å²) in [6.45, 7) is 1.94. The molecule has 0 saturated carbocycles. The van der Waals surface area contributed by atoms with Crippen LogP contribution < -0.4 is 0 Å². The van der Waals surface area contributed by atoms with Crippen LogP contribution in [0.15, 0.2) is 28.7 Å². The van der Waals surface area contributed by atoms with Gasteiger partial charge in [0.15, 0.2) is 0 Å². The molecule has 0 aliphatic carbocycles. The summed E-state index contributed by atoms with van der Waals surface area (Å²) in [5.41, 5.74) is 2.30. The minimum Gasteiger partial charge on any atom is -0.246 e. The highest BCUT2D eigenvalue weighted by Gasteiger charge is 2.22. The minimum absolute atomic E-state index is 0.0349. The highest BCUT2D eigenvalue weighted by atomic mass is 32.2. The van der Waals surface area contributed by atoms with E-state index in [9.17, 15) is 8.42 Å². The number of nitrogens with zero attached hydrogens (tertiary/aromatic N) is 1. The maximum Gasteiger partial charge on any atom is 0.381 e. The second-order valence-corrected chi connectivity index (χ2v) is 4.32. The zero-order valence-corrected chi connectivity index (χ0v) is 8.41. The fraction of sp³-hybridized carbons (Fsp3) is 0.222. The summed E-state index contributed by atoms with van der Waals surface area (Å²) in [5, 5.41) is 0. The lowest BCUT2D eigenvalue weighted by molar-refractivity contribution is 0.382. The van der Waals surface area contributed by atoms with Gasteiger partial charge in [0.2, 0.25) is 0 Å². The molecule has 0 saturated heterocycles. The number of hydrogen-bond acceptors (Lipinski definition) is 3. The minimum atomic E-state index is -3.67. The van der Waals surface area contributed by atoms with E-state index in [0.717, 1.165) is 11.1 Å². The van der Waals surface area contributed by atoms with Gasteiger partial charge in [-0.2, -0.15) is 8.42 Å². The van der Waals surface area contributed by atoms with Crippen molar-refractivity contribution in [1.82, 2.24) is 0 Å². The molecule has 74 valence electrons. The Bertz CT molecular complexity index is 491. The van der Waals surface area contributed by atoms with E-state index in [0.29, 0.717) is 5.71 Å². The standard InChI is InChI=1S/C9H9NO3S/c1-7-4-2-3-5-8(7)9-6-13-14(11,12)10-9/h2-5H,6H2,1H3. The van der Waals surface area contributed by atoms with Gasteiger partial charge in [-0.15, -0.1) is 4.40 Å². The van der Waals surface area contributed by atoms with Crippen molar-refractivity contribution < 1.29 is 12.6 Å². The zero-order chi connectivity index (χ0) is 10.2. The summed E-state index contributed by atoms with van der Waals surface area (Å²) in [7, 11) is -3.67. The van der Waals surface area contributed by atoms with Crippen molar-refractivity contribution in [3.63, 3.8) is 0 Å². The lowest BCUT2D eigenvalue weighted by Crippen LogP contribution is -2.04. The van der Waals surface area contributed by atoms with E-state index in [1.54, 1.807) is 0 Å². The van der Waals surface area contributed by atoms with Crippen LogP contribution in [0.3, 0.4) is 0 Å². The van der Waals surface area contributed by atoms with Gasteiger partial charge in [-0.25, -0.2) is 4.18 Å². The predicted molar refractivity (Wildman–Crippen MR) is 52.6 cm³/mol. The van der Waals surface area contributed by atoms with Crippen LogP contribution in [0.5, 0.6) is 0 Å². The largest absolute Gasteiger partial charge is 0.381 e. The van der Waals surface area contributed by atoms with Crippen LogP contribution in [-0.4, -0.2) is 20.7 Å². The summed E-state index contributed by atoms with van der Waals surface area (Å²) in [6, 6.07) is 7.47. The predicted octanol–water partition coefficient (Wildman–Crippen LogP) is 1.06. The average molecular weight is 211 g/mol. The third-order valence-electron chi connectivity index (χ3n) is 2.02. The molecule has 0 fully saturated rings. The van der Waals surface area contributed by atoms with Crippen LogP contribution in [0.4, 0.5) is 0 Å². The maximum absolute atomic E-state index is 10.9. The lowest BCUT2D eigenvalue weighted by atomic mass is 10.1. The zero-order valence-electron chi connectivity index (χ0n) is 7.60. The molecule has 0 atom stereocenters. The Morgan fingerprint density at radius 3 is 2.64 bits per heavy atom. The molecule has 0 unspecified atom stereocenters. The molecule has 0 amide bonds. The molecule has 1 aliphatic heterocycles. The Labute approximate surface area is 82.5 Å². The first-order chi connectivity index (χ1) is 6.58. The van der Waals surface area contributed by atoms with Crippen LogP contribution in [0.2, 0.25) is 0 Å². The van der Waals surface area contributed by atoms with Crippen molar-refractivity contribution >= 4 is 16.0 Å². The third-order valence-corrected chi connectivity index (χ3v) is 2.88. The summed E-state index contributed by atoms with van der Waals surface area (Å²) in [6.07, 6.45) is 0. The highest BCUT2D eigenvalue weighted by molar-refractivity contribution is 7.85. The molecule has 1 aromatic rings. The van der Waals surface area contributed by atoms with Crippen molar-refractivity contribution in [1.29, 1.82) is 0 Å². The summed E-state index contributed by atoms with van der Waals surface area (Å²) in [5.74, 6) is 0. The van der Waals surface area contributed by atoms with Crippen LogP contribution in [0.1, 0.15) is 11.1 Å². The molecule has 4 nitrogen and oxygen atoms in total. The van der Waals surface area contributed by atoms with Gasteiger partial charge < -0.3 is 0 Å². The molecule has 0 spiro atoms. The first kappa shape index (κ1) is 9.36. The van der Waals surface area contributed by atoms with Crippen LogP contribution in [0, 0.1) is 6.92 Å². The van der Waals surface area contributed by atoms with E-state index in [4.69, 9.17) is 0 Å². The molecule has 14 heavy (non-hydrogen) atoms. The van der Waals surface area contributed by atoms with E-state index in [2.05, 4.69) is 8.58 Å². The fourth-order valence-electron chi connectivity index (χ4n) is 1.34. The van der Waals surface area contributed by atoms with Crippen molar-refractivity contribution in [2.24, 2.45) is 4.40 Å². The molecule has 1 heterocycles. The van der Waals surface area contributed by atoms with Gasteiger partial charge in [0.25, 0.3) is 0 Å². The molecule has 2 rings (SSSR count). The number of hydrogen-bond donors (Lipinski definition) is 0. The van der Waals surface area contributed by atoms with E-state index in [1.807, 2.05) is 31.2 Å². The maximum atomic E-state index is 10.9. The van der Waals surface area contributed by atoms with Gasteiger partial charge in [0.05, 0.1) is 5.71 Å². The SMILES string of the molecule is Cc1ccccc1C1=NS(=O)(=O)OC1. The van der Waals surface area contributed by atoms with Crippen molar-refractivity contribution in [2.75, 3.05) is 6.61 Å². The molecule has 0 bridgehead atoms. The topological polar surface area (TPSA) is 55.7 Å². The first-order valence-corrected chi connectivity index (χ1v) is 5.49. The molecular formula is C9H9NO3S. The molecule has 0 N–H and O–H groups in total. The van der Waals surface area contributed by atoms with Crippen molar-refractivity contribution in [3.05, 3.63) is 35.4 Å². The van der Waals surface area contributed by atoms with Crippen molar-refractivity contribution in [2.45, 2.75) is 6.92 Å². The Morgan fingerprint density at radius 2 is 2.07 bits per heavy atom. The van der Waals surface area contributed by atoms with Gasteiger partial charge in [-0.1, -0.05) is 24.3 Å². The van der Waals surface area contributed by atoms with E-state index in [-0.39, 0.29) is 6.61 Å². The van der Waals surface area contributed by atoms with Gasteiger partial charge in [0.1, 0.15) is 6.61 Å². The van der Waals surface area contributed by atoms with Crippen LogP contribution >= 0.6 is 0 Å². The third kappa shape index (κ3) is 1.69. The van der Waals surface area contributed by atoms with Crippen molar-refractivity contribution in [3.8, 4) is 0 Å². The van der Waals surface area contributed by atoms with Gasteiger partial charge >= 0.3 is 10.3 Å². The number of rotatable bonds is 1. The van der Waals surface area contributed by atoms with Gasteiger partial charge in [-0.3, -0.25) is 0 Å². The normalized spacial score (nSPS) is 19.4. The molecule has 1 aromatic carbocycles. The number of aryl methyl sites for hydroxylation is 1. The second kappa shape index (κ2) is 3.18. The molecular weight excluding hydrogens is 202 g/mol. The molecule has 5 heteroatoms. The number of benzene rings is 1. The smallest absolute Gasteiger partial charge is 0.246 e. The Morgan fingerprint density at radius 1 is 1.36 bits per heavy atom. The Hall–Kier alpha value is -1.20. The highest BCUT2D eigenvalue weighted by Crippen LogP contribution is 2.15. The monoisotopic (exact) mass is 211 g/mol. The summed E-state index contributed by atoms with van der Waals surface area (Å²) < 4.78 is 29.9. The molecule has 0 aromatic heterocycles.